The Kier molecular flexibility index (Phi) is 6.53. The van der Waals surface area contributed by atoms with Crippen LogP contribution in [-0.4, -0.2) is 26.2 Å². The maximum absolute atomic E-state index is 11.9. The SMILES string of the molecule is CCCCOCCC(NC)(C(N)=O)c1ccccc1. The Morgan fingerprint density at radius 3 is 2.53 bits per heavy atom. The third kappa shape index (κ3) is 4.04. The van der Waals surface area contributed by atoms with Gasteiger partial charge in [-0.3, -0.25) is 4.79 Å². The number of benzene rings is 1. The van der Waals surface area contributed by atoms with Gasteiger partial charge in [-0.15, -0.1) is 0 Å². The van der Waals surface area contributed by atoms with E-state index in [4.69, 9.17) is 10.5 Å². The predicted molar refractivity (Wildman–Crippen MR) is 76.7 cm³/mol. The summed E-state index contributed by atoms with van der Waals surface area (Å²) in [5.41, 5.74) is 5.62. The molecule has 19 heavy (non-hydrogen) atoms. The number of rotatable bonds is 9. The Hall–Kier alpha value is -1.39. The lowest BCUT2D eigenvalue weighted by atomic mass is 9.86. The quantitative estimate of drug-likeness (QED) is 0.668. The van der Waals surface area contributed by atoms with E-state index in [1.54, 1.807) is 7.05 Å². The molecule has 0 heterocycles. The number of nitrogens with two attached hydrogens (primary N) is 1. The maximum atomic E-state index is 11.9. The highest BCUT2D eigenvalue weighted by Crippen LogP contribution is 2.24. The monoisotopic (exact) mass is 264 g/mol. The Morgan fingerprint density at radius 2 is 2.00 bits per heavy atom. The minimum atomic E-state index is -0.854. The molecule has 1 aromatic carbocycles. The fraction of sp³-hybridized carbons (Fsp3) is 0.533. The number of carbonyl (C=O) groups is 1. The van der Waals surface area contributed by atoms with Crippen LogP contribution in [-0.2, 0) is 15.1 Å². The van der Waals surface area contributed by atoms with Crippen LogP contribution in [0, 0.1) is 0 Å². The second-order valence-corrected chi connectivity index (χ2v) is 4.60. The van der Waals surface area contributed by atoms with Crippen molar-refractivity contribution in [2.45, 2.75) is 31.7 Å². The third-order valence-corrected chi connectivity index (χ3v) is 3.38. The van der Waals surface area contributed by atoms with Crippen LogP contribution in [0.15, 0.2) is 30.3 Å². The van der Waals surface area contributed by atoms with E-state index >= 15 is 0 Å². The fourth-order valence-corrected chi connectivity index (χ4v) is 2.10. The highest BCUT2D eigenvalue weighted by Gasteiger charge is 2.36. The van der Waals surface area contributed by atoms with Crippen molar-refractivity contribution in [1.82, 2.24) is 5.32 Å². The van der Waals surface area contributed by atoms with Crippen LogP contribution in [0.5, 0.6) is 0 Å². The van der Waals surface area contributed by atoms with Crippen molar-refractivity contribution in [2.24, 2.45) is 5.73 Å². The fourth-order valence-electron chi connectivity index (χ4n) is 2.10. The summed E-state index contributed by atoms with van der Waals surface area (Å²) in [4.78, 5) is 11.9. The van der Waals surface area contributed by atoms with Gasteiger partial charge in [0.15, 0.2) is 0 Å². The van der Waals surface area contributed by atoms with Crippen LogP contribution in [0.25, 0.3) is 0 Å². The van der Waals surface area contributed by atoms with Crippen LogP contribution in [0.1, 0.15) is 31.7 Å². The minimum Gasteiger partial charge on any atom is -0.381 e. The van der Waals surface area contributed by atoms with Gasteiger partial charge in [0.05, 0.1) is 0 Å². The average Bonchev–Trinajstić information content (AvgIpc) is 2.44. The Labute approximate surface area is 115 Å². The van der Waals surface area contributed by atoms with Crippen molar-refractivity contribution in [1.29, 1.82) is 0 Å². The molecule has 0 spiro atoms. The van der Waals surface area contributed by atoms with Crippen molar-refractivity contribution >= 4 is 5.91 Å². The molecule has 0 saturated carbocycles. The molecule has 1 atom stereocenters. The molecule has 0 aromatic heterocycles. The van der Waals surface area contributed by atoms with Gasteiger partial charge in [0, 0.05) is 19.6 Å². The Balaban J connectivity index is 2.74. The maximum Gasteiger partial charge on any atom is 0.242 e. The van der Waals surface area contributed by atoms with E-state index in [1.807, 2.05) is 30.3 Å². The van der Waals surface area contributed by atoms with Gasteiger partial charge < -0.3 is 15.8 Å². The summed E-state index contributed by atoms with van der Waals surface area (Å²) in [6.07, 6.45) is 2.67. The number of carbonyl (C=O) groups excluding carboxylic acids is 1. The molecule has 0 aliphatic heterocycles. The van der Waals surface area contributed by atoms with Gasteiger partial charge in [-0.25, -0.2) is 0 Å². The molecule has 1 amide bonds. The minimum absolute atomic E-state index is 0.375. The molecule has 106 valence electrons. The lowest BCUT2D eigenvalue weighted by Crippen LogP contribution is -2.51. The molecule has 0 radical (unpaired) electrons. The Bertz CT molecular complexity index is 381. The normalized spacial score (nSPS) is 14.0. The van der Waals surface area contributed by atoms with Crippen LogP contribution >= 0.6 is 0 Å². The number of primary amides is 1. The van der Waals surface area contributed by atoms with Gasteiger partial charge in [-0.2, -0.15) is 0 Å². The van der Waals surface area contributed by atoms with Crippen LogP contribution in [0.4, 0.5) is 0 Å². The van der Waals surface area contributed by atoms with E-state index in [0.717, 1.165) is 25.0 Å². The predicted octanol–water partition coefficient (Wildman–Crippen LogP) is 1.79. The standard InChI is InChI=1S/C15H24N2O2/c1-3-4-11-19-12-10-15(17-2,14(16)18)13-8-6-5-7-9-13/h5-9,17H,3-4,10-12H2,1-2H3,(H2,16,18). The van der Waals surface area contributed by atoms with E-state index in [2.05, 4.69) is 12.2 Å². The summed E-state index contributed by atoms with van der Waals surface area (Å²) in [6.45, 7) is 3.36. The molecule has 0 saturated heterocycles. The number of unbranched alkanes of at least 4 members (excludes halogenated alkanes) is 1. The molecule has 1 unspecified atom stereocenters. The van der Waals surface area contributed by atoms with Gasteiger partial charge in [-0.1, -0.05) is 43.7 Å². The first-order valence-corrected chi connectivity index (χ1v) is 6.79. The topological polar surface area (TPSA) is 64.3 Å². The van der Waals surface area contributed by atoms with Crippen molar-refractivity contribution in [3.63, 3.8) is 0 Å². The van der Waals surface area contributed by atoms with Crippen LogP contribution in [0.2, 0.25) is 0 Å². The molecule has 0 bridgehead atoms. The lowest BCUT2D eigenvalue weighted by molar-refractivity contribution is -0.125. The molecular weight excluding hydrogens is 240 g/mol. The van der Waals surface area contributed by atoms with Crippen molar-refractivity contribution in [3.8, 4) is 0 Å². The van der Waals surface area contributed by atoms with Crippen molar-refractivity contribution in [2.75, 3.05) is 20.3 Å². The first-order chi connectivity index (χ1) is 9.17. The molecule has 4 heteroatoms. The molecule has 0 fully saturated rings. The molecule has 3 N–H and O–H groups in total. The number of hydrogen-bond donors (Lipinski definition) is 2. The Morgan fingerprint density at radius 1 is 1.32 bits per heavy atom. The first-order valence-electron chi connectivity index (χ1n) is 6.79. The van der Waals surface area contributed by atoms with E-state index in [1.165, 1.54) is 0 Å². The van der Waals surface area contributed by atoms with Gasteiger partial charge in [0.2, 0.25) is 5.91 Å². The summed E-state index contributed by atoms with van der Waals surface area (Å²) < 4.78 is 5.56. The lowest BCUT2D eigenvalue weighted by Gasteiger charge is -2.30. The zero-order valence-corrected chi connectivity index (χ0v) is 11.8. The highest BCUT2D eigenvalue weighted by atomic mass is 16.5. The van der Waals surface area contributed by atoms with Crippen molar-refractivity contribution < 1.29 is 9.53 Å². The van der Waals surface area contributed by atoms with Gasteiger partial charge >= 0.3 is 0 Å². The molecule has 1 rings (SSSR count). The summed E-state index contributed by atoms with van der Waals surface area (Å²) in [7, 11) is 1.75. The van der Waals surface area contributed by atoms with E-state index in [-0.39, 0.29) is 5.91 Å². The zero-order chi connectivity index (χ0) is 14.1. The number of ether oxygens (including phenoxy) is 1. The van der Waals surface area contributed by atoms with Gasteiger partial charge in [0.25, 0.3) is 0 Å². The smallest absolute Gasteiger partial charge is 0.242 e. The summed E-state index contributed by atoms with van der Waals surface area (Å²) in [5.74, 6) is -0.375. The van der Waals surface area contributed by atoms with Gasteiger partial charge in [0.1, 0.15) is 5.54 Å². The van der Waals surface area contributed by atoms with E-state index in [9.17, 15) is 4.79 Å². The van der Waals surface area contributed by atoms with Crippen molar-refractivity contribution in [3.05, 3.63) is 35.9 Å². The van der Waals surface area contributed by atoms with E-state index < -0.39 is 5.54 Å². The number of likely N-dealkylation sites (N-methyl/N-ethyl adjacent to an activating group) is 1. The summed E-state index contributed by atoms with van der Waals surface area (Å²) >= 11 is 0. The number of nitrogens with one attached hydrogen (secondary N) is 1. The summed E-state index contributed by atoms with van der Waals surface area (Å²) in [6, 6.07) is 9.55. The number of hydrogen-bond acceptors (Lipinski definition) is 3. The van der Waals surface area contributed by atoms with Gasteiger partial charge in [-0.05, 0) is 19.0 Å². The summed E-state index contributed by atoms with van der Waals surface area (Å²) in [5, 5.41) is 3.07. The number of amides is 1. The third-order valence-electron chi connectivity index (χ3n) is 3.38. The second kappa shape index (κ2) is 7.92. The molecular formula is C15H24N2O2. The largest absolute Gasteiger partial charge is 0.381 e. The van der Waals surface area contributed by atoms with E-state index in [0.29, 0.717) is 13.0 Å². The molecule has 0 aliphatic carbocycles. The molecule has 4 nitrogen and oxygen atoms in total. The average molecular weight is 264 g/mol. The van der Waals surface area contributed by atoms with Crippen LogP contribution in [0.3, 0.4) is 0 Å². The molecule has 1 aromatic rings. The zero-order valence-electron chi connectivity index (χ0n) is 11.8. The second-order valence-electron chi connectivity index (χ2n) is 4.60. The highest BCUT2D eigenvalue weighted by molar-refractivity contribution is 5.86. The van der Waals surface area contributed by atoms with Crippen LogP contribution < -0.4 is 11.1 Å². The first kappa shape index (κ1) is 15.7. The molecule has 0 aliphatic rings.